The summed E-state index contributed by atoms with van der Waals surface area (Å²) in [5.74, 6) is -1.30. The van der Waals surface area contributed by atoms with Gasteiger partial charge in [-0.3, -0.25) is 4.79 Å². The maximum atomic E-state index is 12.4. The lowest BCUT2D eigenvalue weighted by Crippen LogP contribution is -2.30. The fraction of sp³-hybridized carbons (Fsp3) is 0.263. The first kappa shape index (κ1) is 20.6. The Morgan fingerprint density at radius 1 is 1.15 bits per heavy atom. The fourth-order valence-electron chi connectivity index (χ4n) is 2.34. The second kappa shape index (κ2) is 8.32. The van der Waals surface area contributed by atoms with E-state index in [1.807, 2.05) is 19.1 Å². The number of carbonyl (C=O) groups excluding carboxylic acids is 2. The van der Waals surface area contributed by atoms with Crippen LogP contribution in [0.5, 0.6) is 0 Å². The Kier molecular flexibility index (Phi) is 6.35. The zero-order valence-electron chi connectivity index (χ0n) is 15.4. The van der Waals surface area contributed by atoms with Gasteiger partial charge in [0.15, 0.2) is 6.10 Å². The van der Waals surface area contributed by atoms with E-state index >= 15 is 0 Å². The van der Waals surface area contributed by atoms with Crippen molar-refractivity contribution in [3.63, 3.8) is 0 Å². The van der Waals surface area contributed by atoms with Gasteiger partial charge in [-0.25, -0.2) is 18.4 Å². The van der Waals surface area contributed by atoms with E-state index in [1.54, 1.807) is 19.1 Å². The summed E-state index contributed by atoms with van der Waals surface area (Å²) in [7, 11) is -3.95. The van der Waals surface area contributed by atoms with Crippen LogP contribution in [-0.2, 0) is 26.0 Å². The summed E-state index contributed by atoms with van der Waals surface area (Å²) in [6, 6.07) is 11.2. The minimum Gasteiger partial charge on any atom is -0.449 e. The van der Waals surface area contributed by atoms with Crippen LogP contribution in [0.1, 0.15) is 35.3 Å². The lowest BCUT2D eigenvalue weighted by Gasteiger charge is -2.15. The van der Waals surface area contributed by atoms with Gasteiger partial charge >= 0.3 is 5.97 Å². The number of esters is 1. The van der Waals surface area contributed by atoms with Crippen LogP contribution < -0.4 is 10.5 Å². The van der Waals surface area contributed by atoms with Gasteiger partial charge in [0.05, 0.1) is 10.5 Å². The number of carbonyl (C=O) groups is 2. The van der Waals surface area contributed by atoms with E-state index in [9.17, 15) is 18.0 Å². The summed E-state index contributed by atoms with van der Waals surface area (Å²) < 4.78 is 28.1. The number of anilines is 1. The maximum Gasteiger partial charge on any atom is 0.339 e. The molecule has 2 aromatic carbocycles. The van der Waals surface area contributed by atoms with Crippen LogP contribution in [0.2, 0.25) is 0 Å². The molecule has 0 aliphatic rings. The summed E-state index contributed by atoms with van der Waals surface area (Å²) >= 11 is 0. The Balaban J connectivity index is 2.09. The normalized spacial score (nSPS) is 12.3. The minimum atomic E-state index is -3.95. The van der Waals surface area contributed by atoms with Crippen molar-refractivity contribution in [2.45, 2.75) is 38.2 Å². The molecular weight excluding hydrogens is 368 g/mol. The molecule has 0 fully saturated rings. The maximum absolute atomic E-state index is 12.4. The molecule has 2 aromatic rings. The number of benzene rings is 2. The van der Waals surface area contributed by atoms with Crippen LogP contribution in [0.25, 0.3) is 0 Å². The summed E-state index contributed by atoms with van der Waals surface area (Å²) in [6.45, 7) is 5.10. The molecule has 0 saturated heterocycles. The number of ether oxygens (including phenoxy) is 1. The van der Waals surface area contributed by atoms with E-state index in [0.717, 1.165) is 18.1 Å². The number of nitrogens with two attached hydrogens (primary N) is 1. The number of aryl methyl sites for hydroxylation is 2. The van der Waals surface area contributed by atoms with E-state index in [0.29, 0.717) is 11.3 Å². The Morgan fingerprint density at radius 2 is 1.78 bits per heavy atom. The van der Waals surface area contributed by atoms with E-state index < -0.39 is 28.0 Å². The van der Waals surface area contributed by atoms with Gasteiger partial charge in [-0.2, -0.15) is 0 Å². The molecule has 0 aromatic heterocycles. The predicted molar refractivity (Wildman–Crippen MR) is 102 cm³/mol. The van der Waals surface area contributed by atoms with Crippen LogP contribution in [-0.4, -0.2) is 26.4 Å². The highest BCUT2D eigenvalue weighted by Crippen LogP contribution is 2.17. The zero-order chi connectivity index (χ0) is 20.2. The van der Waals surface area contributed by atoms with Crippen LogP contribution >= 0.6 is 0 Å². The number of hydrogen-bond acceptors (Lipinski definition) is 5. The third kappa shape index (κ3) is 5.38. The molecule has 0 aliphatic carbocycles. The number of rotatable bonds is 6. The molecule has 1 amide bonds. The fourth-order valence-corrected chi connectivity index (χ4v) is 2.88. The molecule has 0 heterocycles. The highest BCUT2D eigenvalue weighted by molar-refractivity contribution is 7.89. The highest BCUT2D eigenvalue weighted by atomic mass is 32.2. The van der Waals surface area contributed by atoms with Gasteiger partial charge in [-0.05, 0) is 55.7 Å². The van der Waals surface area contributed by atoms with Crippen molar-refractivity contribution in [1.29, 1.82) is 0 Å². The molecular formula is C19H22N2O5S. The molecule has 0 aliphatic heterocycles. The molecule has 3 N–H and O–H groups in total. The quantitative estimate of drug-likeness (QED) is 0.735. The van der Waals surface area contributed by atoms with Gasteiger partial charge < -0.3 is 10.1 Å². The lowest BCUT2D eigenvalue weighted by atomic mass is 10.1. The second-order valence-electron chi connectivity index (χ2n) is 6.11. The molecule has 0 saturated carbocycles. The molecule has 8 heteroatoms. The van der Waals surface area contributed by atoms with E-state index in [1.165, 1.54) is 19.1 Å². The smallest absolute Gasteiger partial charge is 0.339 e. The van der Waals surface area contributed by atoms with Crippen LogP contribution in [0.3, 0.4) is 0 Å². The van der Waals surface area contributed by atoms with Crippen molar-refractivity contribution < 1.29 is 22.7 Å². The van der Waals surface area contributed by atoms with Gasteiger partial charge in [0.2, 0.25) is 10.0 Å². The number of amides is 1. The van der Waals surface area contributed by atoms with Crippen LogP contribution in [0.15, 0.2) is 47.4 Å². The largest absolute Gasteiger partial charge is 0.449 e. The first-order chi connectivity index (χ1) is 12.6. The third-order valence-electron chi connectivity index (χ3n) is 4.04. The standard InChI is InChI=1S/C19H22N2O5S/c1-4-14-6-8-15(9-7-14)21-18(22)13(3)26-19(23)17-11-16(27(20,24)25)10-5-12(17)2/h5-11,13H,4H2,1-3H3,(H,21,22)(H2,20,24,25). The number of sulfonamides is 1. The van der Waals surface area contributed by atoms with Gasteiger partial charge in [0.25, 0.3) is 5.91 Å². The first-order valence-electron chi connectivity index (χ1n) is 8.36. The lowest BCUT2D eigenvalue weighted by molar-refractivity contribution is -0.123. The highest BCUT2D eigenvalue weighted by Gasteiger charge is 2.21. The molecule has 1 atom stereocenters. The topological polar surface area (TPSA) is 116 Å². The van der Waals surface area contributed by atoms with E-state index in [4.69, 9.17) is 9.88 Å². The Labute approximate surface area is 158 Å². The monoisotopic (exact) mass is 390 g/mol. The van der Waals surface area contributed by atoms with Crippen molar-refractivity contribution in [1.82, 2.24) is 0 Å². The molecule has 1 unspecified atom stereocenters. The van der Waals surface area contributed by atoms with Gasteiger partial charge in [0.1, 0.15) is 0 Å². The summed E-state index contributed by atoms with van der Waals surface area (Å²) in [6.07, 6.45) is -0.181. The average Bonchev–Trinajstić information content (AvgIpc) is 2.61. The average molecular weight is 390 g/mol. The minimum absolute atomic E-state index is 0.0356. The third-order valence-corrected chi connectivity index (χ3v) is 4.95. The first-order valence-corrected chi connectivity index (χ1v) is 9.90. The Hall–Kier alpha value is -2.71. The van der Waals surface area contributed by atoms with Gasteiger partial charge in [-0.15, -0.1) is 0 Å². The Morgan fingerprint density at radius 3 is 2.33 bits per heavy atom. The van der Waals surface area contributed by atoms with Crippen molar-refractivity contribution in [2.24, 2.45) is 5.14 Å². The SMILES string of the molecule is CCc1ccc(NC(=O)C(C)OC(=O)c2cc(S(N)(=O)=O)ccc2C)cc1. The summed E-state index contributed by atoms with van der Waals surface area (Å²) in [4.78, 5) is 24.4. The van der Waals surface area contributed by atoms with Crippen molar-refractivity contribution in [2.75, 3.05) is 5.32 Å². The van der Waals surface area contributed by atoms with Crippen molar-refractivity contribution >= 4 is 27.6 Å². The van der Waals surface area contributed by atoms with Crippen LogP contribution in [0.4, 0.5) is 5.69 Å². The summed E-state index contributed by atoms with van der Waals surface area (Å²) in [5.41, 5.74) is 2.27. The van der Waals surface area contributed by atoms with E-state index in [-0.39, 0.29) is 10.5 Å². The molecule has 2 rings (SSSR count). The van der Waals surface area contributed by atoms with Crippen molar-refractivity contribution in [3.8, 4) is 0 Å². The number of nitrogens with one attached hydrogen (secondary N) is 1. The Bertz CT molecular complexity index is 953. The molecule has 27 heavy (non-hydrogen) atoms. The van der Waals surface area contributed by atoms with Gasteiger partial charge in [0, 0.05) is 5.69 Å². The van der Waals surface area contributed by atoms with Crippen LogP contribution in [0, 0.1) is 6.92 Å². The van der Waals surface area contributed by atoms with E-state index in [2.05, 4.69) is 5.32 Å². The van der Waals surface area contributed by atoms with Crippen molar-refractivity contribution in [3.05, 3.63) is 59.2 Å². The van der Waals surface area contributed by atoms with Gasteiger partial charge in [-0.1, -0.05) is 25.1 Å². The molecule has 0 bridgehead atoms. The predicted octanol–water partition coefficient (Wildman–Crippen LogP) is 2.39. The molecule has 7 nitrogen and oxygen atoms in total. The number of primary sulfonamides is 1. The number of hydrogen-bond donors (Lipinski definition) is 2. The zero-order valence-corrected chi connectivity index (χ0v) is 16.2. The molecule has 0 spiro atoms. The second-order valence-corrected chi connectivity index (χ2v) is 7.67. The molecule has 0 radical (unpaired) electrons. The summed E-state index contributed by atoms with van der Waals surface area (Å²) in [5, 5.41) is 7.76. The molecule has 144 valence electrons.